The number of ketones is 1. The summed E-state index contributed by atoms with van der Waals surface area (Å²) in [5, 5.41) is 0. The molecule has 0 aliphatic rings. The summed E-state index contributed by atoms with van der Waals surface area (Å²) in [6.07, 6.45) is 1.20. The minimum absolute atomic E-state index is 0.117. The number of fused-ring (bicyclic) bond motifs is 1. The Hall–Kier alpha value is -4.11. The zero-order valence-electron chi connectivity index (χ0n) is 17.6. The maximum atomic E-state index is 12.9. The summed E-state index contributed by atoms with van der Waals surface area (Å²) in [6, 6.07) is 35.9. The molecular weight excluding hydrogens is 392 g/mol. The van der Waals surface area contributed by atoms with Crippen LogP contribution in [0.5, 0.6) is 0 Å². The highest BCUT2D eigenvalue weighted by Crippen LogP contribution is 2.31. The molecule has 3 heteroatoms. The summed E-state index contributed by atoms with van der Waals surface area (Å²) in [7, 11) is 0. The quantitative estimate of drug-likeness (QED) is 0.288. The lowest BCUT2D eigenvalue weighted by molar-refractivity contribution is 0.0983. The zero-order chi connectivity index (χ0) is 21.8. The molecule has 0 fully saturated rings. The summed E-state index contributed by atoms with van der Waals surface area (Å²) in [5.41, 5.74) is 7.03. The Labute approximate surface area is 187 Å². The average molecular weight is 415 g/mol. The number of hydrogen-bond acceptors (Lipinski definition) is 3. The molecule has 0 saturated carbocycles. The SMILES string of the molecule is O=C(CCc1ccccc1)c1ccc2nc(-c3ccccc3)c(-c3ccccc3)nc2c1. The fourth-order valence-electron chi connectivity index (χ4n) is 3.87. The zero-order valence-corrected chi connectivity index (χ0v) is 17.6. The summed E-state index contributed by atoms with van der Waals surface area (Å²) < 4.78 is 0. The monoisotopic (exact) mass is 414 g/mol. The van der Waals surface area contributed by atoms with Gasteiger partial charge in [0, 0.05) is 23.1 Å². The predicted molar refractivity (Wildman–Crippen MR) is 130 cm³/mol. The van der Waals surface area contributed by atoms with Crippen molar-refractivity contribution in [3.05, 3.63) is 120 Å². The molecule has 0 aliphatic heterocycles. The van der Waals surface area contributed by atoms with Crippen molar-refractivity contribution in [2.24, 2.45) is 0 Å². The van der Waals surface area contributed by atoms with Crippen molar-refractivity contribution in [2.75, 3.05) is 0 Å². The summed E-state index contributed by atoms with van der Waals surface area (Å²) in [6.45, 7) is 0. The fraction of sp³-hybridized carbons (Fsp3) is 0.0690. The molecule has 0 amide bonds. The first-order valence-electron chi connectivity index (χ1n) is 10.8. The summed E-state index contributed by atoms with van der Waals surface area (Å²) in [4.78, 5) is 22.8. The highest BCUT2D eigenvalue weighted by molar-refractivity contribution is 5.99. The second kappa shape index (κ2) is 8.94. The van der Waals surface area contributed by atoms with Crippen LogP contribution < -0.4 is 0 Å². The van der Waals surface area contributed by atoms with Gasteiger partial charge in [-0.25, -0.2) is 9.97 Å². The molecule has 5 rings (SSSR count). The lowest BCUT2D eigenvalue weighted by atomic mass is 10.0. The molecule has 0 N–H and O–H groups in total. The highest BCUT2D eigenvalue weighted by Gasteiger charge is 2.14. The normalized spacial score (nSPS) is 10.9. The molecule has 0 bridgehead atoms. The number of rotatable bonds is 6. The van der Waals surface area contributed by atoms with Crippen LogP contribution in [0, 0.1) is 0 Å². The first-order valence-corrected chi connectivity index (χ1v) is 10.8. The van der Waals surface area contributed by atoms with Gasteiger partial charge in [-0.2, -0.15) is 0 Å². The Morgan fingerprint density at radius 1 is 0.594 bits per heavy atom. The van der Waals surface area contributed by atoms with Crippen LogP contribution in [0.3, 0.4) is 0 Å². The molecule has 0 radical (unpaired) electrons. The number of aromatic nitrogens is 2. The van der Waals surface area contributed by atoms with Crippen molar-refractivity contribution in [3.63, 3.8) is 0 Å². The van der Waals surface area contributed by atoms with E-state index in [0.717, 1.165) is 40.0 Å². The van der Waals surface area contributed by atoms with Crippen LogP contribution in [-0.4, -0.2) is 15.8 Å². The summed E-state index contributed by atoms with van der Waals surface area (Å²) in [5.74, 6) is 0.117. The first kappa shape index (κ1) is 19.8. The van der Waals surface area contributed by atoms with Gasteiger partial charge in [0.05, 0.1) is 22.4 Å². The molecule has 0 aliphatic carbocycles. The molecule has 1 heterocycles. The van der Waals surface area contributed by atoms with Gasteiger partial charge in [0.25, 0.3) is 0 Å². The molecule has 154 valence electrons. The number of benzene rings is 4. The van der Waals surface area contributed by atoms with E-state index in [4.69, 9.17) is 9.97 Å². The maximum Gasteiger partial charge on any atom is 0.163 e. The van der Waals surface area contributed by atoms with Gasteiger partial charge in [0.2, 0.25) is 0 Å². The third kappa shape index (κ3) is 4.19. The number of carbonyl (C=O) groups is 1. The Morgan fingerprint density at radius 2 is 1.12 bits per heavy atom. The number of hydrogen-bond donors (Lipinski definition) is 0. The van der Waals surface area contributed by atoms with E-state index in [0.29, 0.717) is 12.0 Å². The van der Waals surface area contributed by atoms with E-state index >= 15 is 0 Å². The second-order valence-corrected chi connectivity index (χ2v) is 7.77. The Kier molecular flexibility index (Phi) is 5.54. The van der Waals surface area contributed by atoms with Crippen LogP contribution in [0.15, 0.2) is 109 Å². The van der Waals surface area contributed by atoms with Crippen LogP contribution in [-0.2, 0) is 6.42 Å². The maximum absolute atomic E-state index is 12.9. The topological polar surface area (TPSA) is 42.9 Å². The molecule has 0 unspecified atom stereocenters. The van der Waals surface area contributed by atoms with E-state index in [1.807, 2.05) is 97.1 Å². The lowest BCUT2D eigenvalue weighted by Gasteiger charge is -2.11. The molecule has 0 saturated heterocycles. The van der Waals surface area contributed by atoms with E-state index in [9.17, 15) is 4.79 Å². The molecule has 1 aromatic heterocycles. The van der Waals surface area contributed by atoms with Crippen molar-refractivity contribution in [1.82, 2.24) is 9.97 Å². The van der Waals surface area contributed by atoms with Crippen molar-refractivity contribution >= 4 is 16.8 Å². The van der Waals surface area contributed by atoms with Crippen molar-refractivity contribution < 1.29 is 4.79 Å². The van der Waals surface area contributed by atoms with Gasteiger partial charge in [-0.05, 0) is 30.2 Å². The largest absolute Gasteiger partial charge is 0.294 e. The van der Waals surface area contributed by atoms with Gasteiger partial charge >= 0.3 is 0 Å². The molecule has 4 aromatic carbocycles. The highest BCUT2D eigenvalue weighted by atomic mass is 16.1. The van der Waals surface area contributed by atoms with E-state index in [2.05, 4.69) is 12.1 Å². The first-order chi connectivity index (χ1) is 15.8. The van der Waals surface area contributed by atoms with Crippen LogP contribution in [0.1, 0.15) is 22.3 Å². The van der Waals surface area contributed by atoms with E-state index in [-0.39, 0.29) is 5.78 Å². The van der Waals surface area contributed by atoms with Crippen LogP contribution >= 0.6 is 0 Å². The molecule has 0 atom stereocenters. The van der Waals surface area contributed by atoms with Gasteiger partial charge < -0.3 is 0 Å². The predicted octanol–water partition coefficient (Wildman–Crippen LogP) is 6.78. The van der Waals surface area contributed by atoms with Gasteiger partial charge in [-0.1, -0.05) is 91.0 Å². The average Bonchev–Trinajstić information content (AvgIpc) is 2.88. The number of aryl methyl sites for hydroxylation is 1. The molecule has 0 spiro atoms. The van der Waals surface area contributed by atoms with Crippen molar-refractivity contribution in [1.29, 1.82) is 0 Å². The third-order valence-corrected chi connectivity index (χ3v) is 5.56. The van der Waals surface area contributed by atoms with Gasteiger partial charge in [0.1, 0.15) is 0 Å². The van der Waals surface area contributed by atoms with E-state index in [1.54, 1.807) is 0 Å². The van der Waals surface area contributed by atoms with E-state index in [1.165, 1.54) is 5.56 Å². The standard InChI is InChI=1S/C29H22N2O/c32-27(19-16-21-10-4-1-5-11-21)24-17-18-25-26(20-24)31-29(23-14-8-3-9-15-23)28(30-25)22-12-6-2-7-13-22/h1-15,17-18,20H,16,19H2. The van der Waals surface area contributed by atoms with Gasteiger partial charge in [-0.15, -0.1) is 0 Å². The molecular formula is C29H22N2O. The van der Waals surface area contributed by atoms with E-state index < -0.39 is 0 Å². The number of Topliss-reactive ketones (excluding diaryl/α,β-unsaturated/α-hetero) is 1. The second-order valence-electron chi connectivity index (χ2n) is 7.77. The number of nitrogens with zero attached hydrogens (tertiary/aromatic N) is 2. The van der Waals surface area contributed by atoms with Crippen LogP contribution in [0.4, 0.5) is 0 Å². The minimum atomic E-state index is 0.117. The third-order valence-electron chi connectivity index (χ3n) is 5.56. The summed E-state index contributed by atoms with van der Waals surface area (Å²) >= 11 is 0. The Morgan fingerprint density at radius 3 is 1.72 bits per heavy atom. The lowest BCUT2D eigenvalue weighted by Crippen LogP contribution is -2.02. The van der Waals surface area contributed by atoms with Gasteiger partial charge in [0.15, 0.2) is 5.78 Å². The van der Waals surface area contributed by atoms with Crippen LogP contribution in [0.2, 0.25) is 0 Å². The smallest absolute Gasteiger partial charge is 0.163 e. The van der Waals surface area contributed by atoms with Crippen molar-refractivity contribution in [3.8, 4) is 22.5 Å². The van der Waals surface area contributed by atoms with Gasteiger partial charge in [-0.3, -0.25) is 4.79 Å². The van der Waals surface area contributed by atoms with Crippen LogP contribution in [0.25, 0.3) is 33.5 Å². The number of carbonyl (C=O) groups excluding carboxylic acids is 1. The fourth-order valence-corrected chi connectivity index (χ4v) is 3.87. The van der Waals surface area contributed by atoms with Crippen molar-refractivity contribution in [2.45, 2.75) is 12.8 Å². The minimum Gasteiger partial charge on any atom is -0.294 e. The Balaban J connectivity index is 1.54. The molecule has 5 aromatic rings. The molecule has 32 heavy (non-hydrogen) atoms. The molecule has 3 nitrogen and oxygen atoms in total. The Bertz CT molecular complexity index is 1360.